The van der Waals surface area contributed by atoms with E-state index in [0.717, 1.165) is 15.6 Å². The number of halogens is 1. The second-order valence-corrected chi connectivity index (χ2v) is 5.33. The van der Waals surface area contributed by atoms with Crippen molar-refractivity contribution in [2.24, 2.45) is 0 Å². The molecule has 0 spiro atoms. The molecule has 2 N–H and O–H groups in total. The number of rotatable bonds is 2. The van der Waals surface area contributed by atoms with Gasteiger partial charge < -0.3 is 10.4 Å². The summed E-state index contributed by atoms with van der Waals surface area (Å²) in [6.07, 6.45) is 0. The number of hydrogen-bond acceptors (Lipinski definition) is 2. The highest BCUT2D eigenvalue weighted by Gasteiger charge is 2.10. The van der Waals surface area contributed by atoms with Crippen LogP contribution < -0.4 is 5.32 Å². The number of aryl methyl sites for hydroxylation is 2. The topological polar surface area (TPSA) is 49.3 Å². The first-order chi connectivity index (χ1) is 8.97. The second-order valence-electron chi connectivity index (χ2n) is 4.41. The van der Waals surface area contributed by atoms with Gasteiger partial charge in [0.15, 0.2) is 0 Å². The molecular weight excluding hydrogens is 306 g/mol. The van der Waals surface area contributed by atoms with E-state index in [-0.39, 0.29) is 11.7 Å². The largest absolute Gasteiger partial charge is 0.508 e. The number of phenolic OH excluding ortho intramolecular Hbond substituents is 1. The Kier molecular flexibility index (Phi) is 3.90. The lowest BCUT2D eigenvalue weighted by Crippen LogP contribution is -2.14. The van der Waals surface area contributed by atoms with Crippen molar-refractivity contribution in [3.8, 4) is 5.75 Å². The Bertz CT molecular complexity index is 638. The molecule has 0 atom stereocenters. The van der Waals surface area contributed by atoms with Crippen molar-refractivity contribution in [3.63, 3.8) is 0 Å². The predicted octanol–water partition coefficient (Wildman–Crippen LogP) is 4.02. The average Bonchev–Trinajstić information content (AvgIpc) is 2.32. The zero-order chi connectivity index (χ0) is 14.0. The highest BCUT2D eigenvalue weighted by atomic mass is 79.9. The van der Waals surface area contributed by atoms with Crippen LogP contribution in [0.5, 0.6) is 5.75 Å². The Hall–Kier alpha value is -1.81. The van der Waals surface area contributed by atoms with E-state index in [9.17, 15) is 9.90 Å². The molecule has 0 heterocycles. The van der Waals surface area contributed by atoms with Crippen LogP contribution in [0.2, 0.25) is 0 Å². The zero-order valence-corrected chi connectivity index (χ0v) is 12.3. The van der Waals surface area contributed by atoms with Crippen molar-refractivity contribution < 1.29 is 9.90 Å². The SMILES string of the molecule is Cc1cc(O)ccc1NC(=O)c1ccc(Br)cc1C. The van der Waals surface area contributed by atoms with Crippen molar-refractivity contribution in [2.45, 2.75) is 13.8 Å². The molecule has 0 aliphatic carbocycles. The summed E-state index contributed by atoms with van der Waals surface area (Å²) in [6, 6.07) is 10.4. The molecule has 0 aromatic heterocycles. The van der Waals surface area contributed by atoms with Crippen molar-refractivity contribution in [3.05, 3.63) is 57.6 Å². The average molecular weight is 320 g/mol. The van der Waals surface area contributed by atoms with Crippen LogP contribution in [0, 0.1) is 13.8 Å². The number of nitrogens with one attached hydrogen (secondary N) is 1. The molecule has 0 bridgehead atoms. The normalized spacial score (nSPS) is 10.3. The van der Waals surface area contributed by atoms with E-state index in [0.29, 0.717) is 11.3 Å². The van der Waals surface area contributed by atoms with Gasteiger partial charge in [-0.2, -0.15) is 0 Å². The fourth-order valence-corrected chi connectivity index (χ4v) is 2.34. The van der Waals surface area contributed by atoms with Crippen LogP contribution in [0.1, 0.15) is 21.5 Å². The smallest absolute Gasteiger partial charge is 0.255 e. The van der Waals surface area contributed by atoms with Gasteiger partial charge in [0.05, 0.1) is 0 Å². The highest BCUT2D eigenvalue weighted by Crippen LogP contribution is 2.22. The molecule has 98 valence electrons. The van der Waals surface area contributed by atoms with E-state index in [1.807, 2.05) is 26.0 Å². The maximum absolute atomic E-state index is 12.2. The number of phenols is 1. The molecule has 2 aromatic carbocycles. The molecule has 0 saturated heterocycles. The molecule has 0 aliphatic rings. The van der Waals surface area contributed by atoms with Crippen LogP contribution >= 0.6 is 15.9 Å². The number of amides is 1. The Balaban J connectivity index is 2.25. The molecule has 0 aliphatic heterocycles. The van der Waals surface area contributed by atoms with Crippen molar-refractivity contribution in [1.82, 2.24) is 0 Å². The van der Waals surface area contributed by atoms with Crippen LogP contribution in [0.3, 0.4) is 0 Å². The van der Waals surface area contributed by atoms with Gasteiger partial charge in [-0.1, -0.05) is 15.9 Å². The molecule has 0 radical (unpaired) electrons. The standard InChI is InChI=1S/C15H14BrNO2/c1-9-7-11(16)3-5-13(9)15(19)17-14-6-4-12(18)8-10(14)2/h3-8,18H,1-2H3,(H,17,19). The monoisotopic (exact) mass is 319 g/mol. The van der Waals surface area contributed by atoms with Crippen LogP contribution in [-0.4, -0.2) is 11.0 Å². The summed E-state index contributed by atoms with van der Waals surface area (Å²) in [5.74, 6) is 0.0362. The first kappa shape index (κ1) is 13.6. The first-order valence-electron chi connectivity index (χ1n) is 5.84. The third-order valence-electron chi connectivity index (χ3n) is 2.89. The molecule has 0 unspecified atom stereocenters. The van der Waals surface area contributed by atoms with Crippen molar-refractivity contribution >= 4 is 27.5 Å². The van der Waals surface area contributed by atoms with E-state index in [2.05, 4.69) is 21.2 Å². The minimum Gasteiger partial charge on any atom is -0.508 e. The Morgan fingerprint density at radius 2 is 1.84 bits per heavy atom. The van der Waals surface area contributed by atoms with Gasteiger partial charge in [-0.3, -0.25) is 4.79 Å². The number of hydrogen-bond donors (Lipinski definition) is 2. The van der Waals surface area contributed by atoms with Crippen LogP contribution in [0.4, 0.5) is 5.69 Å². The van der Waals surface area contributed by atoms with Gasteiger partial charge in [0, 0.05) is 15.7 Å². The van der Waals surface area contributed by atoms with Crippen molar-refractivity contribution in [1.29, 1.82) is 0 Å². The summed E-state index contributed by atoms with van der Waals surface area (Å²) >= 11 is 3.37. The Labute approximate surface area is 120 Å². The molecular formula is C15H14BrNO2. The molecule has 0 saturated carbocycles. The maximum atomic E-state index is 12.2. The maximum Gasteiger partial charge on any atom is 0.255 e. The number of anilines is 1. The molecule has 2 rings (SSSR count). The minimum atomic E-state index is -0.154. The summed E-state index contributed by atoms with van der Waals surface area (Å²) < 4.78 is 0.947. The van der Waals surface area contributed by atoms with Gasteiger partial charge in [-0.15, -0.1) is 0 Å². The molecule has 0 fully saturated rings. The Morgan fingerprint density at radius 3 is 2.47 bits per heavy atom. The third-order valence-corrected chi connectivity index (χ3v) is 3.38. The van der Waals surface area contributed by atoms with Crippen molar-refractivity contribution in [2.75, 3.05) is 5.32 Å². The second kappa shape index (κ2) is 5.45. The van der Waals surface area contributed by atoms with E-state index >= 15 is 0 Å². The molecule has 19 heavy (non-hydrogen) atoms. The minimum absolute atomic E-state index is 0.154. The summed E-state index contributed by atoms with van der Waals surface area (Å²) in [4.78, 5) is 12.2. The molecule has 3 nitrogen and oxygen atoms in total. The lowest BCUT2D eigenvalue weighted by molar-refractivity contribution is 0.102. The first-order valence-corrected chi connectivity index (χ1v) is 6.64. The zero-order valence-electron chi connectivity index (χ0n) is 10.7. The quantitative estimate of drug-likeness (QED) is 0.821. The van der Waals surface area contributed by atoms with Gasteiger partial charge in [-0.05, 0) is 61.4 Å². The fraction of sp³-hybridized carbons (Fsp3) is 0.133. The van der Waals surface area contributed by atoms with Crippen LogP contribution in [0.15, 0.2) is 40.9 Å². The number of carbonyl (C=O) groups is 1. The summed E-state index contributed by atoms with van der Waals surface area (Å²) in [7, 11) is 0. The van der Waals surface area contributed by atoms with E-state index < -0.39 is 0 Å². The molecule has 2 aromatic rings. The van der Waals surface area contributed by atoms with E-state index in [1.54, 1.807) is 24.3 Å². The number of benzene rings is 2. The number of aromatic hydroxyl groups is 1. The van der Waals surface area contributed by atoms with Gasteiger partial charge in [0.2, 0.25) is 0 Å². The highest BCUT2D eigenvalue weighted by molar-refractivity contribution is 9.10. The van der Waals surface area contributed by atoms with E-state index in [4.69, 9.17) is 0 Å². The summed E-state index contributed by atoms with van der Waals surface area (Å²) in [6.45, 7) is 3.73. The lowest BCUT2D eigenvalue weighted by Gasteiger charge is -2.10. The van der Waals surface area contributed by atoms with Crippen LogP contribution in [-0.2, 0) is 0 Å². The van der Waals surface area contributed by atoms with Crippen LogP contribution in [0.25, 0.3) is 0 Å². The Morgan fingerprint density at radius 1 is 1.11 bits per heavy atom. The van der Waals surface area contributed by atoms with Gasteiger partial charge in [0.1, 0.15) is 5.75 Å². The lowest BCUT2D eigenvalue weighted by atomic mass is 10.1. The fourth-order valence-electron chi connectivity index (χ4n) is 1.86. The van der Waals surface area contributed by atoms with E-state index in [1.165, 1.54) is 0 Å². The van der Waals surface area contributed by atoms with Gasteiger partial charge in [-0.25, -0.2) is 0 Å². The predicted molar refractivity (Wildman–Crippen MR) is 79.7 cm³/mol. The molecule has 1 amide bonds. The summed E-state index contributed by atoms with van der Waals surface area (Å²) in [5, 5.41) is 12.2. The summed E-state index contributed by atoms with van der Waals surface area (Å²) in [5.41, 5.74) is 3.06. The van der Waals surface area contributed by atoms with Gasteiger partial charge >= 0.3 is 0 Å². The van der Waals surface area contributed by atoms with Gasteiger partial charge in [0.25, 0.3) is 5.91 Å². The number of carbonyl (C=O) groups excluding carboxylic acids is 1. The molecule has 4 heteroatoms. The third kappa shape index (κ3) is 3.15.